The summed E-state index contributed by atoms with van der Waals surface area (Å²) >= 11 is 0. The molecule has 4 N–H and O–H groups in total. The van der Waals surface area contributed by atoms with Gasteiger partial charge in [-0.3, -0.25) is 4.79 Å². The van der Waals surface area contributed by atoms with Gasteiger partial charge in [-0.15, -0.1) is 0 Å². The first kappa shape index (κ1) is 17.4. The van der Waals surface area contributed by atoms with Crippen molar-refractivity contribution >= 4 is 12.0 Å². The number of hydrogen-bond donors (Lipinski definition) is 4. The van der Waals surface area contributed by atoms with Crippen molar-refractivity contribution < 1.29 is 24.5 Å². The molecule has 2 amide bonds. The van der Waals surface area contributed by atoms with E-state index in [-0.39, 0.29) is 6.54 Å². The van der Waals surface area contributed by atoms with E-state index in [1.54, 1.807) is 0 Å². The number of amides is 2. The molecule has 0 aliphatic carbocycles. The van der Waals surface area contributed by atoms with E-state index in [1.165, 1.54) is 6.92 Å². The van der Waals surface area contributed by atoms with Crippen LogP contribution in [-0.2, 0) is 9.53 Å². The van der Waals surface area contributed by atoms with E-state index in [0.29, 0.717) is 19.8 Å². The Labute approximate surface area is 112 Å². The lowest BCUT2D eigenvalue weighted by Gasteiger charge is -2.21. The smallest absolute Gasteiger partial charge is 0.314 e. The first-order valence-electron chi connectivity index (χ1n) is 5.91. The minimum absolute atomic E-state index is 0.141. The van der Waals surface area contributed by atoms with Gasteiger partial charge in [0.05, 0.1) is 25.2 Å². The second kappa shape index (κ2) is 8.49. The van der Waals surface area contributed by atoms with Gasteiger partial charge in [-0.1, -0.05) is 12.2 Å². The zero-order chi connectivity index (χ0) is 14.9. The zero-order valence-electron chi connectivity index (χ0n) is 11.4. The SMILES string of the molecule is C=C(C)COCCNC(=O)NCC(C)(O)CC(=O)O. The maximum absolute atomic E-state index is 11.3. The van der Waals surface area contributed by atoms with Gasteiger partial charge in [-0.05, 0) is 13.8 Å². The van der Waals surface area contributed by atoms with Gasteiger partial charge in [-0.2, -0.15) is 0 Å². The van der Waals surface area contributed by atoms with E-state index in [1.807, 2.05) is 6.92 Å². The summed E-state index contributed by atoms with van der Waals surface area (Å²) in [6.07, 6.45) is -0.436. The van der Waals surface area contributed by atoms with Gasteiger partial charge in [0.15, 0.2) is 0 Å². The van der Waals surface area contributed by atoms with Crippen LogP contribution in [0.5, 0.6) is 0 Å². The predicted molar refractivity (Wildman–Crippen MR) is 69.9 cm³/mol. The fraction of sp³-hybridized carbons (Fsp3) is 0.667. The van der Waals surface area contributed by atoms with Crippen LogP contribution < -0.4 is 10.6 Å². The van der Waals surface area contributed by atoms with Crippen LogP contribution in [-0.4, -0.2) is 54.1 Å². The standard InChI is InChI=1S/C12H22N2O5/c1-9(2)7-19-5-4-13-11(17)14-8-12(3,18)6-10(15)16/h18H,1,4-8H2,2-3H3,(H,15,16)(H2,13,14,17). The number of aliphatic hydroxyl groups is 1. The fourth-order valence-electron chi connectivity index (χ4n) is 1.20. The lowest BCUT2D eigenvalue weighted by atomic mass is 10.0. The van der Waals surface area contributed by atoms with Crippen LogP contribution in [0.1, 0.15) is 20.3 Å². The third kappa shape index (κ3) is 11.2. The summed E-state index contributed by atoms with van der Waals surface area (Å²) in [4.78, 5) is 21.8. The Kier molecular flexibility index (Phi) is 7.78. The summed E-state index contributed by atoms with van der Waals surface area (Å²) in [5.41, 5.74) is -0.575. The molecule has 0 heterocycles. The Hall–Kier alpha value is -1.60. The fourth-order valence-corrected chi connectivity index (χ4v) is 1.20. The van der Waals surface area contributed by atoms with Gasteiger partial charge in [0.25, 0.3) is 0 Å². The summed E-state index contributed by atoms with van der Waals surface area (Å²) in [5, 5.41) is 23.1. The third-order valence-corrected chi connectivity index (χ3v) is 2.04. The van der Waals surface area contributed by atoms with E-state index in [0.717, 1.165) is 5.57 Å². The number of carboxylic acid groups (broad SMARTS) is 1. The number of carbonyl (C=O) groups is 2. The summed E-state index contributed by atoms with van der Waals surface area (Å²) < 4.78 is 5.17. The van der Waals surface area contributed by atoms with Gasteiger partial charge >= 0.3 is 12.0 Å². The van der Waals surface area contributed by atoms with Gasteiger partial charge in [0.2, 0.25) is 0 Å². The van der Waals surface area contributed by atoms with Crippen molar-refractivity contribution in [2.45, 2.75) is 25.9 Å². The lowest BCUT2D eigenvalue weighted by molar-refractivity contribution is -0.141. The largest absolute Gasteiger partial charge is 0.481 e. The van der Waals surface area contributed by atoms with Crippen molar-refractivity contribution in [3.63, 3.8) is 0 Å². The van der Waals surface area contributed by atoms with Crippen molar-refractivity contribution in [1.29, 1.82) is 0 Å². The topological polar surface area (TPSA) is 108 Å². The van der Waals surface area contributed by atoms with Gasteiger partial charge in [0, 0.05) is 13.1 Å². The molecular weight excluding hydrogens is 252 g/mol. The molecule has 1 atom stereocenters. The zero-order valence-corrected chi connectivity index (χ0v) is 11.4. The number of aliphatic carboxylic acids is 1. The number of nitrogens with one attached hydrogen (secondary N) is 2. The van der Waals surface area contributed by atoms with Gasteiger partial charge in [-0.25, -0.2) is 4.79 Å². The molecule has 0 saturated carbocycles. The Morgan fingerprint density at radius 2 is 2.00 bits per heavy atom. The van der Waals surface area contributed by atoms with E-state index < -0.39 is 24.0 Å². The highest BCUT2D eigenvalue weighted by molar-refractivity contribution is 5.74. The molecule has 19 heavy (non-hydrogen) atoms. The normalized spacial score (nSPS) is 13.4. The second-order valence-electron chi connectivity index (χ2n) is 4.69. The highest BCUT2D eigenvalue weighted by Crippen LogP contribution is 2.06. The average molecular weight is 274 g/mol. The highest BCUT2D eigenvalue weighted by Gasteiger charge is 2.24. The molecule has 0 aromatic carbocycles. The molecular formula is C12H22N2O5. The third-order valence-electron chi connectivity index (χ3n) is 2.04. The molecule has 0 saturated heterocycles. The molecule has 7 nitrogen and oxygen atoms in total. The van der Waals surface area contributed by atoms with Crippen molar-refractivity contribution in [2.24, 2.45) is 0 Å². The van der Waals surface area contributed by atoms with Crippen LogP contribution in [0.2, 0.25) is 0 Å². The molecule has 0 spiro atoms. The Balaban J connectivity index is 3.69. The van der Waals surface area contributed by atoms with Crippen molar-refractivity contribution in [2.75, 3.05) is 26.3 Å². The summed E-state index contributed by atoms with van der Waals surface area (Å²) in [6, 6.07) is -0.482. The Morgan fingerprint density at radius 1 is 1.37 bits per heavy atom. The molecule has 0 bridgehead atoms. The molecule has 0 aliphatic heterocycles. The Bertz CT molecular complexity index is 328. The van der Waals surface area contributed by atoms with Crippen LogP contribution in [0.4, 0.5) is 4.79 Å². The first-order valence-corrected chi connectivity index (χ1v) is 5.91. The monoisotopic (exact) mass is 274 g/mol. The molecule has 0 radical (unpaired) electrons. The number of carboxylic acids is 1. The Morgan fingerprint density at radius 3 is 2.53 bits per heavy atom. The van der Waals surface area contributed by atoms with Crippen LogP contribution in [0.15, 0.2) is 12.2 Å². The van der Waals surface area contributed by atoms with Crippen LogP contribution in [0.3, 0.4) is 0 Å². The maximum Gasteiger partial charge on any atom is 0.314 e. The van der Waals surface area contributed by atoms with Crippen LogP contribution in [0.25, 0.3) is 0 Å². The molecule has 1 unspecified atom stereocenters. The first-order chi connectivity index (χ1) is 8.73. The molecule has 110 valence electrons. The van der Waals surface area contributed by atoms with Crippen molar-refractivity contribution in [3.8, 4) is 0 Å². The van der Waals surface area contributed by atoms with E-state index >= 15 is 0 Å². The quantitative estimate of drug-likeness (QED) is 0.352. The number of hydrogen-bond acceptors (Lipinski definition) is 4. The minimum atomic E-state index is -1.47. The molecule has 0 aromatic rings. The summed E-state index contributed by atoms with van der Waals surface area (Å²) in [6.45, 7) is 7.82. The van der Waals surface area contributed by atoms with Crippen molar-refractivity contribution in [3.05, 3.63) is 12.2 Å². The number of rotatable bonds is 9. The second-order valence-corrected chi connectivity index (χ2v) is 4.69. The average Bonchev–Trinajstić information content (AvgIpc) is 2.24. The van der Waals surface area contributed by atoms with Gasteiger partial charge in [0.1, 0.15) is 0 Å². The number of urea groups is 1. The predicted octanol–water partition coefficient (Wildman–Crippen LogP) is 0.104. The summed E-state index contributed by atoms with van der Waals surface area (Å²) in [5.74, 6) is -1.12. The molecule has 0 aromatic heterocycles. The lowest BCUT2D eigenvalue weighted by Crippen LogP contribution is -2.46. The van der Waals surface area contributed by atoms with Crippen LogP contribution in [0, 0.1) is 0 Å². The van der Waals surface area contributed by atoms with Crippen LogP contribution >= 0.6 is 0 Å². The number of ether oxygens (including phenoxy) is 1. The van der Waals surface area contributed by atoms with Gasteiger partial charge < -0.3 is 25.6 Å². The molecule has 7 heteroatoms. The van der Waals surface area contributed by atoms with E-state index in [4.69, 9.17) is 9.84 Å². The van der Waals surface area contributed by atoms with Crippen molar-refractivity contribution in [1.82, 2.24) is 10.6 Å². The van der Waals surface area contributed by atoms with E-state index in [9.17, 15) is 14.7 Å². The molecule has 0 rings (SSSR count). The molecule has 0 aliphatic rings. The summed E-state index contributed by atoms with van der Waals surface area (Å²) in [7, 11) is 0. The number of carbonyl (C=O) groups excluding carboxylic acids is 1. The van der Waals surface area contributed by atoms with E-state index in [2.05, 4.69) is 17.2 Å². The minimum Gasteiger partial charge on any atom is -0.481 e. The maximum atomic E-state index is 11.3. The highest BCUT2D eigenvalue weighted by atomic mass is 16.5. The molecule has 0 fully saturated rings.